The largest absolute Gasteiger partial charge is 0.317 e. The van der Waals surface area contributed by atoms with Gasteiger partial charge in [-0.1, -0.05) is 26.0 Å². The Morgan fingerprint density at radius 1 is 1.21 bits per heavy atom. The van der Waals surface area contributed by atoms with Gasteiger partial charge in [-0.15, -0.1) is 0 Å². The Labute approximate surface area is 114 Å². The van der Waals surface area contributed by atoms with Crippen molar-refractivity contribution < 1.29 is 8.78 Å². The molecule has 0 saturated carbocycles. The predicted molar refractivity (Wildman–Crippen MR) is 75.3 cm³/mol. The van der Waals surface area contributed by atoms with E-state index < -0.39 is 11.6 Å². The first-order valence-electron chi connectivity index (χ1n) is 6.94. The van der Waals surface area contributed by atoms with Crippen LogP contribution in [0, 0.1) is 11.6 Å². The molecule has 4 heteroatoms. The molecular weight excluding hydrogens is 246 g/mol. The van der Waals surface area contributed by atoms with Gasteiger partial charge in [-0.2, -0.15) is 0 Å². The second kappa shape index (κ2) is 8.23. The van der Waals surface area contributed by atoms with Crippen LogP contribution in [0.1, 0.15) is 25.8 Å². The van der Waals surface area contributed by atoms with Crippen molar-refractivity contribution >= 4 is 0 Å². The van der Waals surface area contributed by atoms with Gasteiger partial charge in [0.25, 0.3) is 0 Å². The highest BCUT2D eigenvalue weighted by Crippen LogP contribution is 2.14. The number of halogens is 2. The first kappa shape index (κ1) is 16.1. The molecule has 0 aliphatic heterocycles. The number of likely N-dealkylation sites (N-methyl/N-ethyl adjacent to an activating group) is 1. The topological polar surface area (TPSA) is 15.3 Å². The summed E-state index contributed by atoms with van der Waals surface area (Å²) in [4.78, 5) is 2.33. The molecule has 0 fully saturated rings. The molecule has 0 radical (unpaired) electrons. The normalized spacial score (nSPS) is 12.9. The summed E-state index contributed by atoms with van der Waals surface area (Å²) < 4.78 is 26.8. The second-order valence-corrected chi connectivity index (χ2v) is 4.72. The minimum atomic E-state index is -0.768. The lowest BCUT2D eigenvalue weighted by Crippen LogP contribution is -2.34. The molecule has 1 aromatic carbocycles. The first-order valence-corrected chi connectivity index (χ1v) is 6.94. The zero-order valence-corrected chi connectivity index (χ0v) is 12.0. The third-order valence-electron chi connectivity index (χ3n) is 3.59. The molecule has 1 atom stereocenters. The van der Waals surface area contributed by atoms with E-state index in [9.17, 15) is 8.78 Å². The minimum Gasteiger partial charge on any atom is -0.317 e. The molecule has 1 aromatic rings. The van der Waals surface area contributed by atoms with Gasteiger partial charge in [-0.05, 0) is 51.2 Å². The molecular formula is C15H24F2N2. The summed E-state index contributed by atoms with van der Waals surface area (Å²) >= 11 is 0. The molecule has 1 N–H and O–H groups in total. The van der Waals surface area contributed by atoms with E-state index in [1.54, 1.807) is 12.1 Å². The summed E-state index contributed by atoms with van der Waals surface area (Å²) in [5.41, 5.74) is 0.443. The molecule has 19 heavy (non-hydrogen) atoms. The van der Waals surface area contributed by atoms with Crippen molar-refractivity contribution in [2.45, 2.75) is 32.7 Å². The molecule has 0 aliphatic carbocycles. The SMILES string of the molecule is CCN(CC)CCC(Cc1cccc(F)c1F)NC. The van der Waals surface area contributed by atoms with Crippen molar-refractivity contribution in [1.29, 1.82) is 0 Å². The van der Waals surface area contributed by atoms with E-state index in [1.165, 1.54) is 0 Å². The van der Waals surface area contributed by atoms with Crippen LogP contribution in [0.15, 0.2) is 18.2 Å². The van der Waals surface area contributed by atoms with Crippen molar-refractivity contribution in [2.75, 3.05) is 26.7 Å². The Balaban J connectivity index is 2.59. The lowest BCUT2D eigenvalue weighted by atomic mass is 10.0. The van der Waals surface area contributed by atoms with Crippen molar-refractivity contribution in [2.24, 2.45) is 0 Å². The number of rotatable bonds is 8. The molecule has 1 rings (SSSR count). The fourth-order valence-corrected chi connectivity index (χ4v) is 2.20. The van der Waals surface area contributed by atoms with Gasteiger partial charge >= 0.3 is 0 Å². The molecule has 0 bridgehead atoms. The third kappa shape index (κ3) is 4.88. The van der Waals surface area contributed by atoms with Crippen LogP contribution in [0.25, 0.3) is 0 Å². The quantitative estimate of drug-likeness (QED) is 0.781. The molecule has 0 spiro atoms. The highest BCUT2D eigenvalue weighted by Gasteiger charge is 2.14. The van der Waals surface area contributed by atoms with Gasteiger partial charge in [-0.3, -0.25) is 0 Å². The van der Waals surface area contributed by atoms with Gasteiger partial charge in [0.05, 0.1) is 0 Å². The van der Waals surface area contributed by atoms with Crippen molar-refractivity contribution in [3.8, 4) is 0 Å². The maximum atomic E-state index is 13.6. The van der Waals surface area contributed by atoms with Crippen molar-refractivity contribution in [1.82, 2.24) is 10.2 Å². The fourth-order valence-electron chi connectivity index (χ4n) is 2.20. The number of hydrogen-bond donors (Lipinski definition) is 1. The van der Waals surface area contributed by atoms with E-state index in [0.717, 1.165) is 32.1 Å². The Hall–Kier alpha value is -1.00. The number of nitrogens with zero attached hydrogens (tertiary/aromatic N) is 1. The van der Waals surface area contributed by atoms with E-state index >= 15 is 0 Å². The minimum absolute atomic E-state index is 0.164. The maximum absolute atomic E-state index is 13.6. The highest BCUT2D eigenvalue weighted by molar-refractivity contribution is 5.20. The van der Waals surface area contributed by atoms with E-state index in [-0.39, 0.29) is 6.04 Å². The van der Waals surface area contributed by atoms with Crippen LogP contribution in [-0.2, 0) is 6.42 Å². The van der Waals surface area contributed by atoms with Gasteiger partial charge in [0, 0.05) is 6.04 Å². The summed E-state index contributed by atoms with van der Waals surface area (Å²) in [7, 11) is 1.87. The predicted octanol–water partition coefficient (Wildman–Crippen LogP) is 2.83. The number of nitrogens with one attached hydrogen (secondary N) is 1. The number of hydrogen-bond acceptors (Lipinski definition) is 2. The summed E-state index contributed by atoms with van der Waals surface area (Å²) in [6.45, 7) is 7.26. The van der Waals surface area contributed by atoms with Crippen LogP contribution in [0.4, 0.5) is 8.78 Å². The molecule has 0 aliphatic rings. The Bertz CT molecular complexity index is 378. The van der Waals surface area contributed by atoms with Crippen LogP contribution in [0.5, 0.6) is 0 Å². The highest BCUT2D eigenvalue weighted by atomic mass is 19.2. The lowest BCUT2D eigenvalue weighted by Gasteiger charge is -2.22. The van der Waals surface area contributed by atoms with Gasteiger partial charge < -0.3 is 10.2 Å². The van der Waals surface area contributed by atoms with Crippen LogP contribution in [-0.4, -0.2) is 37.6 Å². The monoisotopic (exact) mass is 270 g/mol. The molecule has 1 unspecified atom stereocenters. The molecule has 0 heterocycles. The van der Waals surface area contributed by atoms with Crippen LogP contribution >= 0.6 is 0 Å². The fraction of sp³-hybridized carbons (Fsp3) is 0.600. The Kier molecular flexibility index (Phi) is 6.95. The molecule has 0 amide bonds. The average molecular weight is 270 g/mol. The lowest BCUT2D eigenvalue weighted by molar-refractivity contribution is 0.282. The second-order valence-electron chi connectivity index (χ2n) is 4.72. The van der Waals surface area contributed by atoms with E-state index in [2.05, 4.69) is 24.1 Å². The van der Waals surface area contributed by atoms with Gasteiger partial charge in [0.1, 0.15) is 0 Å². The molecule has 2 nitrogen and oxygen atoms in total. The van der Waals surface area contributed by atoms with Crippen molar-refractivity contribution in [3.63, 3.8) is 0 Å². The Morgan fingerprint density at radius 3 is 2.47 bits per heavy atom. The standard InChI is InChI=1S/C15H24F2N2/c1-4-19(5-2)10-9-13(18-3)11-12-7-6-8-14(16)15(12)17/h6-8,13,18H,4-5,9-11H2,1-3H3. The van der Waals surface area contributed by atoms with E-state index in [4.69, 9.17) is 0 Å². The van der Waals surface area contributed by atoms with Gasteiger partial charge in [0.15, 0.2) is 11.6 Å². The van der Waals surface area contributed by atoms with E-state index in [1.807, 2.05) is 7.05 Å². The molecule has 0 aromatic heterocycles. The summed E-state index contributed by atoms with van der Waals surface area (Å²) in [5, 5.41) is 3.18. The zero-order chi connectivity index (χ0) is 14.3. The van der Waals surface area contributed by atoms with Gasteiger partial charge in [0.2, 0.25) is 0 Å². The Morgan fingerprint density at radius 2 is 1.89 bits per heavy atom. The maximum Gasteiger partial charge on any atom is 0.162 e. The zero-order valence-electron chi connectivity index (χ0n) is 12.0. The van der Waals surface area contributed by atoms with Crippen LogP contribution in [0.3, 0.4) is 0 Å². The van der Waals surface area contributed by atoms with Crippen molar-refractivity contribution in [3.05, 3.63) is 35.4 Å². The smallest absolute Gasteiger partial charge is 0.162 e. The summed E-state index contributed by atoms with van der Waals surface area (Å²) in [6, 6.07) is 4.53. The van der Waals surface area contributed by atoms with E-state index in [0.29, 0.717) is 12.0 Å². The van der Waals surface area contributed by atoms with Gasteiger partial charge in [-0.25, -0.2) is 8.78 Å². The van der Waals surface area contributed by atoms with Crippen LogP contribution < -0.4 is 5.32 Å². The average Bonchev–Trinajstić information content (AvgIpc) is 2.43. The van der Waals surface area contributed by atoms with Crippen LogP contribution in [0.2, 0.25) is 0 Å². The number of benzene rings is 1. The summed E-state index contributed by atoms with van der Waals surface area (Å²) in [5.74, 6) is -1.48. The third-order valence-corrected chi connectivity index (χ3v) is 3.59. The summed E-state index contributed by atoms with van der Waals surface area (Å²) in [6.07, 6.45) is 1.44. The molecule has 0 saturated heterocycles. The first-order chi connectivity index (χ1) is 9.12. The molecule has 108 valence electrons.